The number of piperidine rings is 1. The van der Waals surface area contributed by atoms with E-state index in [0.29, 0.717) is 23.6 Å². The quantitative estimate of drug-likeness (QED) is 0.403. The number of fused-ring (bicyclic) bond motifs is 1. The molecule has 1 fully saturated rings. The Morgan fingerprint density at radius 1 is 1.17 bits per heavy atom. The molecule has 0 spiro atoms. The van der Waals surface area contributed by atoms with Crippen molar-refractivity contribution in [3.05, 3.63) is 17.7 Å². The number of methoxy groups -OCH3 is 2. The molecule has 1 aromatic rings. The third-order valence-electron chi connectivity index (χ3n) is 5.85. The summed E-state index contributed by atoms with van der Waals surface area (Å²) < 4.78 is 41.7. The summed E-state index contributed by atoms with van der Waals surface area (Å²) in [6.07, 6.45) is 3.74. The number of carbonyl (C=O) groups excluding carboxylic acids is 1. The minimum atomic E-state index is -4.05. The highest BCUT2D eigenvalue weighted by Gasteiger charge is 2.36. The molecule has 1 aromatic carbocycles. The Kier molecular flexibility index (Phi) is 6.70. The van der Waals surface area contributed by atoms with Gasteiger partial charge in [0.2, 0.25) is 0 Å². The molecule has 9 heteroatoms. The van der Waals surface area contributed by atoms with Crippen molar-refractivity contribution in [2.24, 2.45) is 0 Å². The van der Waals surface area contributed by atoms with Crippen LogP contribution in [-0.4, -0.2) is 72.4 Å². The second-order valence-corrected chi connectivity index (χ2v) is 9.59. The Morgan fingerprint density at radius 3 is 2.48 bits per heavy atom. The number of likely N-dealkylation sites (tertiary alicyclic amines) is 1. The zero-order valence-electron chi connectivity index (χ0n) is 17.4. The van der Waals surface area contributed by atoms with E-state index in [1.807, 2.05) is 0 Å². The van der Waals surface area contributed by atoms with Gasteiger partial charge in [0.05, 0.1) is 40.9 Å². The van der Waals surface area contributed by atoms with Crippen LogP contribution in [0.4, 0.5) is 0 Å². The second kappa shape index (κ2) is 8.89. The molecule has 162 valence electrons. The fourth-order valence-corrected chi connectivity index (χ4v) is 5.43. The van der Waals surface area contributed by atoms with E-state index in [4.69, 9.17) is 13.7 Å². The lowest BCUT2D eigenvalue weighted by Crippen LogP contribution is -2.49. The van der Waals surface area contributed by atoms with Gasteiger partial charge in [-0.2, -0.15) is 8.42 Å². The number of ether oxygens (including phenoxy) is 2. The van der Waals surface area contributed by atoms with E-state index in [2.05, 4.69) is 12.4 Å². The number of hydrogen-bond acceptors (Lipinski definition) is 6. The molecular formula is C20H31N2O6S+. The Hall–Kier alpha value is -1.84. The largest absolute Gasteiger partial charge is 0.493 e. The molecule has 1 saturated heterocycles. The molecule has 1 atom stereocenters. The summed E-state index contributed by atoms with van der Waals surface area (Å²) >= 11 is 0. The number of hydrogen-bond donors (Lipinski definition) is 1. The minimum Gasteiger partial charge on any atom is -0.493 e. The van der Waals surface area contributed by atoms with E-state index in [0.717, 1.165) is 17.4 Å². The van der Waals surface area contributed by atoms with E-state index in [1.165, 1.54) is 52.6 Å². The number of carbonyl (C=O) groups is 1. The Morgan fingerprint density at radius 2 is 1.83 bits per heavy atom. The Balaban J connectivity index is 1.61. The van der Waals surface area contributed by atoms with Gasteiger partial charge in [0, 0.05) is 25.5 Å². The normalized spacial score (nSPS) is 22.4. The average molecular weight is 428 g/mol. The van der Waals surface area contributed by atoms with Crippen LogP contribution in [0.25, 0.3) is 0 Å². The van der Waals surface area contributed by atoms with Gasteiger partial charge in [-0.3, -0.25) is 8.98 Å². The van der Waals surface area contributed by atoms with E-state index in [1.54, 1.807) is 6.07 Å². The van der Waals surface area contributed by atoms with Gasteiger partial charge in [0.1, 0.15) is 4.90 Å². The number of quaternary nitrogens is 1. The molecule has 1 unspecified atom stereocenters. The van der Waals surface area contributed by atoms with Gasteiger partial charge in [-0.05, 0) is 30.9 Å². The first kappa shape index (κ1) is 21.9. The van der Waals surface area contributed by atoms with Crippen LogP contribution in [0.1, 0.15) is 31.2 Å². The van der Waals surface area contributed by atoms with Crippen molar-refractivity contribution in [3.8, 4) is 11.5 Å². The summed E-state index contributed by atoms with van der Waals surface area (Å²) in [4.78, 5) is 12.6. The van der Waals surface area contributed by atoms with Gasteiger partial charge in [-0.15, -0.1) is 0 Å². The molecule has 0 bridgehead atoms. The summed E-state index contributed by atoms with van der Waals surface area (Å²) in [5, 5.41) is 2.83. The molecule has 8 nitrogen and oxygen atoms in total. The highest BCUT2D eigenvalue weighted by Crippen LogP contribution is 2.37. The first-order valence-electron chi connectivity index (χ1n) is 10.1. The SMILES string of the molecule is COc1cc2c(cc1OC)S(=O)(=O)OC(C(=O)NCCC[N+]1(C)CCCCC1)C2. The molecule has 3 rings (SSSR count). The van der Waals surface area contributed by atoms with Gasteiger partial charge in [0.15, 0.2) is 17.6 Å². The first-order chi connectivity index (χ1) is 13.8. The molecule has 0 radical (unpaired) electrons. The van der Waals surface area contributed by atoms with Crippen LogP contribution in [0.3, 0.4) is 0 Å². The third-order valence-corrected chi connectivity index (χ3v) is 7.25. The smallest absolute Gasteiger partial charge is 0.298 e. The Labute approximate surface area is 172 Å². The molecule has 1 amide bonds. The molecule has 0 aromatic heterocycles. The zero-order valence-corrected chi connectivity index (χ0v) is 18.2. The van der Waals surface area contributed by atoms with Crippen molar-refractivity contribution in [2.75, 3.05) is 47.4 Å². The van der Waals surface area contributed by atoms with Gasteiger partial charge < -0.3 is 19.3 Å². The molecule has 0 saturated carbocycles. The summed E-state index contributed by atoms with van der Waals surface area (Å²) in [7, 11) is 1.12. The Bertz CT molecular complexity index is 849. The van der Waals surface area contributed by atoms with E-state index in [9.17, 15) is 13.2 Å². The van der Waals surface area contributed by atoms with Crippen molar-refractivity contribution in [3.63, 3.8) is 0 Å². The predicted molar refractivity (Wildman–Crippen MR) is 108 cm³/mol. The second-order valence-electron chi connectivity index (χ2n) is 8.05. The predicted octanol–water partition coefficient (Wildman–Crippen LogP) is 1.47. The van der Waals surface area contributed by atoms with Gasteiger partial charge in [0.25, 0.3) is 16.0 Å². The van der Waals surface area contributed by atoms with Crippen LogP contribution >= 0.6 is 0 Å². The molecular weight excluding hydrogens is 396 g/mol. The van der Waals surface area contributed by atoms with Crippen molar-refractivity contribution in [1.29, 1.82) is 0 Å². The fraction of sp³-hybridized carbons (Fsp3) is 0.650. The van der Waals surface area contributed by atoms with Gasteiger partial charge in [-0.25, -0.2) is 0 Å². The van der Waals surface area contributed by atoms with E-state index < -0.39 is 22.1 Å². The molecule has 1 N–H and O–H groups in total. The standard InChI is InChI=1S/C20H30N2O6S/c1-22(9-5-4-6-10-22)11-7-8-21-20(23)18-13-15-12-16(26-2)17(27-3)14-19(15)29(24,25)28-18/h12,14,18H,4-11,13H2,1-3H3/p+1. The van der Waals surface area contributed by atoms with E-state index >= 15 is 0 Å². The number of nitrogens with zero attached hydrogens (tertiary/aromatic N) is 1. The van der Waals surface area contributed by atoms with Crippen molar-refractivity contribution in [2.45, 2.75) is 43.1 Å². The average Bonchev–Trinajstić information content (AvgIpc) is 2.70. The van der Waals surface area contributed by atoms with E-state index in [-0.39, 0.29) is 11.3 Å². The lowest BCUT2D eigenvalue weighted by atomic mass is 10.1. The molecule has 2 aliphatic heterocycles. The maximum atomic E-state index is 12.5. The zero-order chi connectivity index (χ0) is 21.1. The summed E-state index contributed by atoms with van der Waals surface area (Å²) in [5.41, 5.74) is 0.487. The van der Waals surface area contributed by atoms with Crippen LogP contribution in [0.15, 0.2) is 17.0 Å². The first-order valence-corrected chi connectivity index (χ1v) is 11.5. The van der Waals surface area contributed by atoms with Crippen molar-refractivity contribution in [1.82, 2.24) is 5.32 Å². The monoisotopic (exact) mass is 427 g/mol. The lowest BCUT2D eigenvalue weighted by Gasteiger charge is -2.37. The number of benzene rings is 1. The highest BCUT2D eigenvalue weighted by atomic mass is 32.2. The third kappa shape index (κ3) is 5.02. The molecule has 2 heterocycles. The van der Waals surface area contributed by atoms with Gasteiger partial charge >= 0.3 is 0 Å². The maximum absolute atomic E-state index is 12.5. The topological polar surface area (TPSA) is 90.9 Å². The maximum Gasteiger partial charge on any atom is 0.298 e. The lowest BCUT2D eigenvalue weighted by molar-refractivity contribution is -0.914. The molecule has 0 aliphatic carbocycles. The van der Waals surface area contributed by atoms with Crippen LogP contribution in [0.2, 0.25) is 0 Å². The summed E-state index contributed by atoms with van der Waals surface area (Å²) in [6, 6.07) is 2.97. The minimum absolute atomic E-state index is 0.0155. The van der Waals surface area contributed by atoms with Crippen LogP contribution in [0.5, 0.6) is 11.5 Å². The molecule has 2 aliphatic rings. The number of rotatable bonds is 7. The highest BCUT2D eigenvalue weighted by molar-refractivity contribution is 7.87. The molecule has 29 heavy (non-hydrogen) atoms. The van der Waals surface area contributed by atoms with Crippen LogP contribution < -0.4 is 14.8 Å². The van der Waals surface area contributed by atoms with Crippen LogP contribution in [-0.2, 0) is 25.5 Å². The van der Waals surface area contributed by atoms with Crippen molar-refractivity contribution < 1.29 is 31.4 Å². The van der Waals surface area contributed by atoms with Crippen molar-refractivity contribution >= 4 is 16.0 Å². The fourth-order valence-electron chi connectivity index (χ4n) is 4.16. The summed E-state index contributed by atoms with van der Waals surface area (Å²) in [6.45, 7) is 3.87. The number of nitrogens with one attached hydrogen (secondary N) is 1. The summed E-state index contributed by atoms with van der Waals surface area (Å²) in [5.74, 6) is 0.312. The van der Waals surface area contributed by atoms with Crippen LogP contribution in [0, 0.1) is 0 Å². The van der Waals surface area contributed by atoms with Gasteiger partial charge in [-0.1, -0.05) is 0 Å². The number of amides is 1.